The lowest BCUT2D eigenvalue weighted by atomic mass is 9.99. The van der Waals surface area contributed by atoms with E-state index in [-0.39, 0.29) is 25.2 Å². The number of benzene rings is 2. The number of nitrogens with zero attached hydrogens (tertiary/aromatic N) is 3. The maximum atomic E-state index is 13.4. The number of aliphatic hydroxyl groups excluding tert-OH is 1. The number of piperidine rings is 1. The molecular formula is C30H38FN3O4. The third-order valence-corrected chi connectivity index (χ3v) is 8.69. The Bertz CT molecular complexity index is 1130. The van der Waals surface area contributed by atoms with E-state index in [0.717, 1.165) is 45.2 Å². The monoisotopic (exact) mass is 523 g/mol. The molecule has 0 aliphatic carbocycles. The summed E-state index contributed by atoms with van der Waals surface area (Å²) in [6.07, 6.45) is 4.47. The van der Waals surface area contributed by atoms with Crippen LogP contribution in [-0.2, 0) is 13.0 Å². The van der Waals surface area contributed by atoms with Crippen molar-refractivity contribution in [3.63, 3.8) is 0 Å². The molecule has 4 aliphatic heterocycles. The molecule has 2 aromatic carbocycles. The topological polar surface area (TPSA) is 65.5 Å². The average Bonchev–Trinajstić information content (AvgIpc) is 3.06. The smallest absolute Gasteiger partial charge is 0.257 e. The molecule has 7 nitrogen and oxygen atoms in total. The molecule has 4 heterocycles. The van der Waals surface area contributed by atoms with Gasteiger partial charge >= 0.3 is 0 Å². The zero-order valence-corrected chi connectivity index (χ0v) is 21.9. The molecule has 1 N–H and O–H groups in total. The Hall–Kier alpha value is -2.68. The third kappa shape index (κ3) is 5.40. The number of carbonyl (C=O) groups excluding carboxylic acids is 1. The maximum Gasteiger partial charge on any atom is 0.257 e. The van der Waals surface area contributed by atoms with Crippen LogP contribution in [0.2, 0.25) is 0 Å². The van der Waals surface area contributed by atoms with Gasteiger partial charge in [0.15, 0.2) is 0 Å². The van der Waals surface area contributed by atoms with Crippen molar-refractivity contribution in [1.82, 2.24) is 14.7 Å². The number of rotatable bonds is 8. The summed E-state index contributed by atoms with van der Waals surface area (Å²) in [6, 6.07) is 14.7. The lowest BCUT2D eigenvalue weighted by Crippen LogP contribution is -2.47. The van der Waals surface area contributed by atoms with E-state index >= 15 is 0 Å². The van der Waals surface area contributed by atoms with Crippen LogP contribution in [0.3, 0.4) is 0 Å². The van der Waals surface area contributed by atoms with Crippen molar-refractivity contribution >= 4 is 5.91 Å². The van der Waals surface area contributed by atoms with Gasteiger partial charge in [-0.3, -0.25) is 14.6 Å². The van der Waals surface area contributed by atoms with Gasteiger partial charge < -0.3 is 19.5 Å². The number of amides is 1. The number of carbonyl (C=O) groups is 1. The van der Waals surface area contributed by atoms with Gasteiger partial charge in [-0.15, -0.1) is 0 Å². The fourth-order valence-corrected chi connectivity index (χ4v) is 6.88. The molecular weight excluding hydrogens is 485 g/mol. The second-order valence-corrected chi connectivity index (χ2v) is 11.2. The van der Waals surface area contributed by atoms with Crippen molar-refractivity contribution in [3.8, 4) is 11.5 Å². The minimum absolute atomic E-state index is 0.0938. The predicted octanol–water partition coefficient (Wildman–Crippen LogP) is 3.28. The summed E-state index contributed by atoms with van der Waals surface area (Å²) in [5.74, 6) is 1.12. The molecule has 8 heteroatoms. The number of fused-ring (bicyclic) bond motifs is 4. The molecule has 0 aromatic heterocycles. The molecule has 3 unspecified atom stereocenters. The molecule has 2 fully saturated rings. The van der Waals surface area contributed by atoms with Gasteiger partial charge in [0.1, 0.15) is 30.9 Å². The summed E-state index contributed by atoms with van der Waals surface area (Å²) >= 11 is 0. The summed E-state index contributed by atoms with van der Waals surface area (Å²) < 4.78 is 25.2. The molecule has 0 saturated carbocycles. The first-order valence-corrected chi connectivity index (χ1v) is 14.1. The highest BCUT2D eigenvalue weighted by Gasteiger charge is 2.41. The summed E-state index contributed by atoms with van der Waals surface area (Å²) in [6.45, 7) is 3.57. The molecule has 3 atom stereocenters. The molecule has 6 rings (SSSR count). The molecule has 38 heavy (non-hydrogen) atoms. The van der Waals surface area contributed by atoms with Crippen LogP contribution in [0.1, 0.15) is 47.2 Å². The van der Waals surface area contributed by atoms with Gasteiger partial charge in [-0.05, 0) is 55.4 Å². The Morgan fingerprint density at radius 2 is 1.84 bits per heavy atom. The van der Waals surface area contributed by atoms with E-state index in [1.165, 1.54) is 11.1 Å². The number of hydrogen-bond acceptors (Lipinski definition) is 6. The number of alkyl halides is 1. The van der Waals surface area contributed by atoms with Crippen LogP contribution >= 0.6 is 0 Å². The molecule has 2 saturated heterocycles. The van der Waals surface area contributed by atoms with Crippen molar-refractivity contribution in [2.45, 2.75) is 62.9 Å². The number of ether oxygens (including phenoxy) is 2. The van der Waals surface area contributed by atoms with Gasteiger partial charge in [0.25, 0.3) is 5.91 Å². The Balaban J connectivity index is 1.05. The van der Waals surface area contributed by atoms with E-state index in [1.54, 1.807) is 11.0 Å². The van der Waals surface area contributed by atoms with E-state index in [0.29, 0.717) is 55.4 Å². The quantitative estimate of drug-likeness (QED) is 0.573. The second-order valence-electron chi connectivity index (χ2n) is 11.2. The summed E-state index contributed by atoms with van der Waals surface area (Å²) in [4.78, 5) is 19.6. The van der Waals surface area contributed by atoms with Crippen molar-refractivity contribution in [3.05, 3.63) is 59.2 Å². The lowest BCUT2D eigenvalue weighted by Gasteiger charge is -2.38. The van der Waals surface area contributed by atoms with E-state index in [2.05, 4.69) is 34.1 Å². The van der Waals surface area contributed by atoms with Crippen LogP contribution < -0.4 is 9.47 Å². The maximum absolute atomic E-state index is 13.4. The van der Waals surface area contributed by atoms with E-state index in [1.807, 2.05) is 12.1 Å². The Morgan fingerprint density at radius 1 is 1.05 bits per heavy atom. The first-order valence-electron chi connectivity index (χ1n) is 14.1. The molecule has 2 bridgehead atoms. The van der Waals surface area contributed by atoms with Crippen LogP contribution in [0.4, 0.5) is 4.39 Å². The Morgan fingerprint density at radius 3 is 2.63 bits per heavy atom. The molecule has 0 radical (unpaired) electrons. The van der Waals surface area contributed by atoms with E-state index < -0.39 is 6.10 Å². The molecule has 4 aliphatic rings. The van der Waals surface area contributed by atoms with Gasteiger partial charge in [-0.25, -0.2) is 4.39 Å². The van der Waals surface area contributed by atoms with Gasteiger partial charge in [0.05, 0.1) is 18.2 Å². The van der Waals surface area contributed by atoms with Gasteiger partial charge in [-0.2, -0.15) is 0 Å². The standard InChI is InChI=1S/C30H38FN3O4/c31-10-12-34-23-5-6-24(34)16-27(15-23)38-26-7-8-28-29(17-26)37-14-13-33(30(28)36)20-25(35)19-32-11-9-21-3-1-2-4-22(21)18-32/h1-4,7-8,17,23-25,27,35H,5-6,9-16,18-20H2. The minimum atomic E-state index is -0.632. The molecule has 0 spiro atoms. The third-order valence-electron chi connectivity index (χ3n) is 8.69. The number of aliphatic hydroxyl groups is 1. The van der Waals surface area contributed by atoms with E-state index in [4.69, 9.17) is 9.47 Å². The fraction of sp³-hybridized carbons (Fsp3) is 0.567. The van der Waals surface area contributed by atoms with Crippen molar-refractivity contribution in [2.24, 2.45) is 0 Å². The predicted molar refractivity (Wildman–Crippen MR) is 142 cm³/mol. The highest BCUT2D eigenvalue weighted by molar-refractivity contribution is 5.97. The Kier molecular flexibility index (Phi) is 7.54. The van der Waals surface area contributed by atoms with E-state index in [9.17, 15) is 14.3 Å². The normalized spacial score (nSPS) is 26.3. The highest BCUT2D eigenvalue weighted by Crippen LogP contribution is 2.38. The van der Waals surface area contributed by atoms with Crippen molar-refractivity contribution in [1.29, 1.82) is 0 Å². The van der Waals surface area contributed by atoms with Crippen molar-refractivity contribution < 1.29 is 23.8 Å². The SMILES string of the molecule is O=C1c2ccc(OC3CC4CCC(C3)N4CCF)cc2OCCN1CC(O)CN1CCc2ccccc2C1. The fourth-order valence-electron chi connectivity index (χ4n) is 6.88. The molecule has 2 aromatic rings. The molecule has 204 valence electrons. The largest absolute Gasteiger partial charge is 0.491 e. The summed E-state index contributed by atoms with van der Waals surface area (Å²) in [5.41, 5.74) is 3.20. The summed E-state index contributed by atoms with van der Waals surface area (Å²) in [5, 5.41) is 10.9. The zero-order chi connectivity index (χ0) is 26.1. The second kappa shape index (κ2) is 11.2. The van der Waals surface area contributed by atoms with Gasteiger partial charge in [0.2, 0.25) is 0 Å². The Labute approximate surface area is 224 Å². The summed E-state index contributed by atoms with van der Waals surface area (Å²) in [7, 11) is 0. The first-order chi connectivity index (χ1) is 18.6. The average molecular weight is 524 g/mol. The number of halogens is 1. The van der Waals surface area contributed by atoms with Gasteiger partial charge in [-0.1, -0.05) is 24.3 Å². The first kappa shape index (κ1) is 25.6. The number of hydrogen-bond donors (Lipinski definition) is 1. The zero-order valence-electron chi connectivity index (χ0n) is 21.9. The van der Waals surface area contributed by atoms with Crippen LogP contribution in [0.5, 0.6) is 11.5 Å². The molecule has 1 amide bonds. The minimum Gasteiger partial charge on any atom is -0.491 e. The van der Waals surface area contributed by atoms with Gasteiger partial charge in [0, 0.05) is 50.9 Å². The van der Waals surface area contributed by atoms with Crippen molar-refractivity contribution in [2.75, 3.05) is 46.0 Å². The van der Waals surface area contributed by atoms with Crippen LogP contribution in [0.15, 0.2) is 42.5 Å². The van der Waals surface area contributed by atoms with Crippen LogP contribution in [-0.4, -0.2) is 96.0 Å². The number of β-amino-alcohol motifs (C(OH)–C–C–N with tert-alkyl or cyclic N) is 1. The van der Waals surface area contributed by atoms with Crippen LogP contribution in [0.25, 0.3) is 0 Å². The lowest BCUT2D eigenvalue weighted by molar-refractivity contribution is 0.0458. The highest BCUT2D eigenvalue weighted by atomic mass is 19.1. The van der Waals surface area contributed by atoms with Crippen LogP contribution in [0, 0.1) is 0 Å².